The lowest BCUT2D eigenvalue weighted by Crippen LogP contribution is -2.24. The third kappa shape index (κ3) is 4.58. The SMILES string of the molecule is CCCNC(Cc1ccncc1Cl)c1cc(Cl)ccc1Cl. The molecule has 5 heteroatoms. The second-order valence-electron chi connectivity index (χ2n) is 4.84. The molecule has 0 bridgehead atoms. The van der Waals surface area contributed by atoms with Crippen molar-refractivity contribution < 1.29 is 0 Å². The van der Waals surface area contributed by atoms with E-state index in [0.717, 1.165) is 30.5 Å². The summed E-state index contributed by atoms with van der Waals surface area (Å²) in [6.07, 6.45) is 5.19. The quantitative estimate of drug-likeness (QED) is 0.767. The van der Waals surface area contributed by atoms with E-state index in [-0.39, 0.29) is 6.04 Å². The number of nitrogens with one attached hydrogen (secondary N) is 1. The summed E-state index contributed by atoms with van der Waals surface area (Å²) in [6.45, 7) is 3.03. The van der Waals surface area contributed by atoms with Crippen molar-refractivity contribution in [2.45, 2.75) is 25.8 Å². The molecule has 1 aromatic heterocycles. The number of benzene rings is 1. The molecule has 1 aromatic carbocycles. The fourth-order valence-electron chi connectivity index (χ4n) is 2.18. The second-order valence-corrected chi connectivity index (χ2v) is 6.09. The van der Waals surface area contributed by atoms with Gasteiger partial charge in [-0.15, -0.1) is 0 Å². The Hall–Kier alpha value is -0.800. The third-order valence-electron chi connectivity index (χ3n) is 3.25. The first-order chi connectivity index (χ1) is 10.1. The molecule has 0 aliphatic rings. The van der Waals surface area contributed by atoms with E-state index in [1.807, 2.05) is 18.2 Å². The number of aromatic nitrogens is 1. The standard InChI is InChI=1S/C16H17Cl3N2/c1-2-6-21-16(8-11-5-7-20-10-15(11)19)13-9-12(17)3-4-14(13)18/h3-5,7,9-10,16,21H,2,6,8H2,1H3. The summed E-state index contributed by atoms with van der Waals surface area (Å²) in [5.74, 6) is 0. The minimum Gasteiger partial charge on any atom is -0.310 e. The van der Waals surface area contributed by atoms with E-state index in [1.54, 1.807) is 18.5 Å². The molecule has 0 saturated carbocycles. The molecule has 112 valence electrons. The highest BCUT2D eigenvalue weighted by atomic mass is 35.5. The molecule has 21 heavy (non-hydrogen) atoms. The summed E-state index contributed by atoms with van der Waals surface area (Å²) < 4.78 is 0. The van der Waals surface area contributed by atoms with Gasteiger partial charge >= 0.3 is 0 Å². The number of pyridine rings is 1. The van der Waals surface area contributed by atoms with Gasteiger partial charge in [-0.05, 0) is 54.8 Å². The first kappa shape index (κ1) is 16.6. The number of hydrogen-bond donors (Lipinski definition) is 1. The maximum atomic E-state index is 6.33. The molecular formula is C16H17Cl3N2. The van der Waals surface area contributed by atoms with Crippen molar-refractivity contribution in [1.82, 2.24) is 10.3 Å². The largest absolute Gasteiger partial charge is 0.310 e. The Kier molecular flexibility index (Phi) is 6.31. The molecule has 2 nitrogen and oxygen atoms in total. The number of rotatable bonds is 6. The van der Waals surface area contributed by atoms with E-state index in [1.165, 1.54) is 0 Å². The van der Waals surface area contributed by atoms with Gasteiger partial charge in [0.15, 0.2) is 0 Å². The third-order valence-corrected chi connectivity index (χ3v) is 4.17. The Balaban J connectivity index is 2.30. The fraction of sp³-hybridized carbons (Fsp3) is 0.312. The molecule has 1 unspecified atom stereocenters. The van der Waals surface area contributed by atoms with Crippen LogP contribution < -0.4 is 5.32 Å². The van der Waals surface area contributed by atoms with Crippen molar-refractivity contribution in [3.05, 3.63) is 62.9 Å². The van der Waals surface area contributed by atoms with Gasteiger partial charge in [0.05, 0.1) is 5.02 Å². The van der Waals surface area contributed by atoms with Gasteiger partial charge < -0.3 is 5.32 Å². The van der Waals surface area contributed by atoms with E-state index in [4.69, 9.17) is 34.8 Å². The zero-order chi connectivity index (χ0) is 15.2. The molecule has 0 spiro atoms. The molecule has 0 radical (unpaired) electrons. The van der Waals surface area contributed by atoms with Crippen LogP contribution in [0.2, 0.25) is 15.1 Å². The minimum absolute atomic E-state index is 0.0658. The molecule has 0 aliphatic carbocycles. The van der Waals surface area contributed by atoms with E-state index in [2.05, 4.69) is 17.2 Å². The maximum Gasteiger partial charge on any atom is 0.0622 e. The zero-order valence-corrected chi connectivity index (χ0v) is 14.0. The fourth-order valence-corrected chi connectivity index (χ4v) is 2.81. The van der Waals surface area contributed by atoms with Gasteiger partial charge in [-0.3, -0.25) is 4.98 Å². The van der Waals surface area contributed by atoms with Crippen molar-refractivity contribution in [2.24, 2.45) is 0 Å². The highest BCUT2D eigenvalue weighted by molar-refractivity contribution is 6.33. The number of nitrogens with zero attached hydrogens (tertiary/aromatic N) is 1. The molecule has 1 N–H and O–H groups in total. The molecule has 0 saturated heterocycles. The molecule has 0 amide bonds. The van der Waals surface area contributed by atoms with Crippen LogP contribution in [0.4, 0.5) is 0 Å². The monoisotopic (exact) mass is 342 g/mol. The van der Waals surface area contributed by atoms with Crippen molar-refractivity contribution in [2.75, 3.05) is 6.54 Å². The number of halogens is 3. The van der Waals surface area contributed by atoms with Crippen LogP contribution in [0.25, 0.3) is 0 Å². The highest BCUT2D eigenvalue weighted by Gasteiger charge is 2.16. The smallest absolute Gasteiger partial charge is 0.0622 e. The molecule has 0 aliphatic heterocycles. The maximum absolute atomic E-state index is 6.33. The Morgan fingerprint density at radius 2 is 1.95 bits per heavy atom. The highest BCUT2D eigenvalue weighted by Crippen LogP contribution is 2.30. The molecule has 1 heterocycles. The van der Waals surface area contributed by atoms with Crippen LogP contribution >= 0.6 is 34.8 Å². The van der Waals surface area contributed by atoms with E-state index in [9.17, 15) is 0 Å². The lowest BCUT2D eigenvalue weighted by Gasteiger charge is -2.21. The molecule has 2 rings (SSSR count). The Morgan fingerprint density at radius 1 is 1.14 bits per heavy atom. The van der Waals surface area contributed by atoms with Crippen molar-refractivity contribution in [3.63, 3.8) is 0 Å². The lowest BCUT2D eigenvalue weighted by atomic mass is 9.99. The van der Waals surface area contributed by atoms with E-state index in [0.29, 0.717) is 15.1 Å². The first-order valence-corrected chi connectivity index (χ1v) is 8.02. The van der Waals surface area contributed by atoms with Gasteiger partial charge in [0.2, 0.25) is 0 Å². The average molecular weight is 344 g/mol. The zero-order valence-electron chi connectivity index (χ0n) is 11.7. The van der Waals surface area contributed by atoms with Gasteiger partial charge in [0.25, 0.3) is 0 Å². The molecular weight excluding hydrogens is 327 g/mol. The van der Waals surface area contributed by atoms with Crippen molar-refractivity contribution in [3.8, 4) is 0 Å². The Labute approximate surface area is 140 Å². The average Bonchev–Trinajstić information content (AvgIpc) is 2.48. The van der Waals surface area contributed by atoms with E-state index >= 15 is 0 Å². The van der Waals surface area contributed by atoms with Crippen LogP contribution in [0.5, 0.6) is 0 Å². The van der Waals surface area contributed by atoms with Crippen LogP contribution in [0.3, 0.4) is 0 Å². The molecule has 2 aromatic rings. The predicted molar refractivity (Wildman–Crippen MR) is 90.4 cm³/mol. The second kappa shape index (κ2) is 8.00. The minimum atomic E-state index is 0.0658. The van der Waals surface area contributed by atoms with Crippen LogP contribution in [0.1, 0.15) is 30.5 Å². The van der Waals surface area contributed by atoms with Gasteiger partial charge in [0, 0.05) is 28.5 Å². The normalized spacial score (nSPS) is 12.4. The first-order valence-electron chi connectivity index (χ1n) is 6.88. The summed E-state index contributed by atoms with van der Waals surface area (Å²) in [7, 11) is 0. The van der Waals surface area contributed by atoms with Crippen LogP contribution in [0.15, 0.2) is 36.7 Å². The van der Waals surface area contributed by atoms with Crippen molar-refractivity contribution >= 4 is 34.8 Å². The summed E-state index contributed by atoms with van der Waals surface area (Å²) >= 11 is 18.7. The number of hydrogen-bond acceptors (Lipinski definition) is 2. The van der Waals surface area contributed by atoms with E-state index < -0.39 is 0 Å². The van der Waals surface area contributed by atoms with Crippen LogP contribution in [-0.4, -0.2) is 11.5 Å². The van der Waals surface area contributed by atoms with Crippen LogP contribution in [-0.2, 0) is 6.42 Å². The molecule has 1 atom stereocenters. The lowest BCUT2D eigenvalue weighted by molar-refractivity contribution is 0.529. The summed E-state index contributed by atoms with van der Waals surface area (Å²) in [5, 5.41) is 5.56. The topological polar surface area (TPSA) is 24.9 Å². The summed E-state index contributed by atoms with van der Waals surface area (Å²) in [4.78, 5) is 4.02. The predicted octanol–water partition coefficient (Wildman–Crippen LogP) is 5.33. The Morgan fingerprint density at radius 3 is 2.67 bits per heavy atom. The Bertz CT molecular complexity index is 602. The van der Waals surface area contributed by atoms with Crippen LogP contribution in [0, 0.1) is 0 Å². The van der Waals surface area contributed by atoms with Gasteiger partial charge in [-0.2, -0.15) is 0 Å². The van der Waals surface area contributed by atoms with Crippen molar-refractivity contribution in [1.29, 1.82) is 0 Å². The summed E-state index contributed by atoms with van der Waals surface area (Å²) in [5.41, 5.74) is 2.03. The van der Waals surface area contributed by atoms with Gasteiger partial charge in [-0.1, -0.05) is 41.7 Å². The van der Waals surface area contributed by atoms with Gasteiger partial charge in [-0.25, -0.2) is 0 Å². The summed E-state index contributed by atoms with van der Waals surface area (Å²) in [6, 6.07) is 7.53. The van der Waals surface area contributed by atoms with Gasteiger partial charge in [0.1, 0.15) is 0 Å². The molecule has 0 fully saturated rings.